The fraction of sp³-hybridized carbons (Fsp3) is 0.222. The van der Waals surface area contributed by atoms with Crippen molar-refractivity contribution >= 4 is 12.1 Å². The van der Waals surface area contributed by atoms with Crippen LogP contribution in [0.25, 0.3) is 0 Å². The molecule has 0 aliphatic carbocycles. The molecule has 1 amide bonds. The lowest BCUT2D eigenvalue weighted by Gasteiger charge is -2.09. The van der Waals surface area contributed by atoms with E-state index in [4.69, 9.17) is 14.2 Å². The predicted molar refractivity (Wildman–Crippen MR) is 91.8 cm³/mol. The van der Waals surface area contributed by atoms with Crippen molar-refractivity contribution in [3.63, 3.8) is 0 Å². The Morgan fingerprint density at radius 2 is 1.71 bits per heavy atom. The molecule has 0 spiro atoms. The van der Waals surface area contributed by atoms with E-state index in [0.29, 0.717) is 23.9 Å². The Hall–Kier alpha value is -3.02. The number of rotatable bonds is 8. The SMILES string of the molecule is CCOc1ccccc1/C=N\NC(=O)COc1ccccc1OC. The highest BCUT2D eigenvalue weighted by atomic mass is 16.5. The smallest absolute Gasteiger partial charge is 0.277 e. The summed E-state index contributed by atoms with van der Waals surface area (Å²) in [4.78, 5) is 11.8. The Kier molecular flexibility index (Phi) is 6.64. The van der Waals surface area contributed by atoms with Gasteiger partial charge in [0.05, 0.1) is 19.9 Å². The zero-order valence-corrected chi connectivity index (χ0v) is 13.7. The Morgan fingerprint density at radius 1 is 1.04 bits per heavy atom. The summed E-state index contributed by atoms with van der Waals surface area (Å²) in [5.74, 6) is 1.41. The normalized spacial score (nSPS) is 10.4. The lowest BCUT2D eigenvalue weighted by Crippen LogP contribution is -2.24. The van der Waals surface area contributed by atoms with Gasteiger partial charge in [-0.25, -0.2) is 5.43 Å². The third-order valence-electron chi connectivity index (χ3n) is 3.04. The van der Waals surface area contributed by atoms with Crippen LogP contribution in [-0.2, 0) is 4.79 Å². The van der Waals surface area contributed by atoms with Gasteiger partial charge in [0.15, 0.2) is 18.1 Å². The molecule has 6 heteroatoms. The second-order valence-electron chi connectivity index (χ2n) is 4.70. The molecule has 1 N–H and O–H groups in total. The van der Waals surface area contributed by atoms with Crippen molar-refractivity contribution < 1.29 is 19.0 Å². The van der Waals surface area contributed by atoms with Crippen LogP contribution in [0.5, 0.6) is 17.2 Å². The zero-order chi connectivity index (χ0) is 17.2. The molecule has 126 valence electrons. The number of nitrogens with zero attached hydrogens (tertiary/aromatic N) is 1. The van der Waals surface area contributed by atoms with E-state index in [-0.39, 0.29) is 12.5 Å². The fourth-order valence-corrected chi connectivity index (χ4v) is 1.96. The van der Waals surface area contributed by atoms with E-state index in [0.717, 1.165) is 5.56 Å². The minimum atomic E-state index is -0.369. The van der Waals surface area contributed by atoms with Crippen molar-refractivity contribution in [1.82, 2.24) is 5.43 Å². The number of carbonyl (C=O) groups is 1. The Balaban J connectivity index is 1.87. The number of nitrogens with one attached hydrogen (secondary N) is 1. The summed E-state index contributed by atoms with van der Waals surface area (Å²) in [6.07, 6.45) is 1.53. The number of ether oxygens (including phenoxy) is 3. The summed E-state index contributed by atoms with van der Waals surface area (Å²) in [5.41, 5.74) is 3.20. The van der Waals surface area contributed by atoms with Crippen LogP contribution < -0.4 is 19.6 Å². The van der Waals surface area contributed by atoms with E-state index >= 15 is 0 Å². The van der Waals surface area contributed by atoms with Gasteiger partial charge in [0, 0.05) is 5.56 Å². The largest absolute Gasteiger partial charge is 0.493 e. The van der Waals surface area contributed by atoms with Gasteiger partial charge in [0.2, 0.25) is 0 Å². The number of methoxy groups -OCH3 is 1. The second-order valence-corrected chi connectivity index (χ2v) is 4.70. The average Bonchev–Trinajstić information content (AvgIpc) is 2.62. The molecular weight excluding hydrogens is 308 g/mol. The van der Waals surface area contributed by atoms with Gasteiger partial charge in [0.25, 0.3) is 5.91 Å². The van der Waals surface area contributed by atoms with Crippen molar-refractivity contribution in [3.8, 4) is 17.2 Å². The number of benzene rings is 2. The summed E-state index contributed by atoms with van der Waals surface area (Å²) in [7, 11) is 1.54. The highest BCUT2D eigenvalue weighted by molar-refractivity contribution is 5.85. The molecule has 0 bridgehead atoms. The van der Waals surface area contributed by atoms with Gasteiger partial charge in [-0.15, -0.1) is 0 Å². The van der Waals surface area contributed by atoms with Crippen LogP contribution >= 0.6 is 0 Å². The fourth-order valence-electron chi connectivity index (χ4n) is 1.96. The van der Waals surface area contributed by atoms with E-state index in [2.05, 4.69) is 10.5 Å². The van der Waals surface area contributed by atoms with Crippen LogP contribution in [0.4, 0.5) is 0 Å². The molecule has 0 aliphatic rings. The molecule has 0 heterocycles. The van der Waals surface area contributed by atoms with Crippen molar-refractivity contribution in [2.75, 3.05) is 20.3 Å². The van der Waals surface area contributed by atoms with Crippen LogP contribution in [-0.4, -0.2) is 32.4 Å². The maximum atomic E-state index is 11.8. The summed E-state index contributed by atoms with van der Waals surface area (Å²) < 4.78 is 16.1. The maximum absolute atomic E-state index is 11.8. The third kappa shape index (κ3) is 5.01. The minimum Gasteiger partial charge on any atom is -0.493 e. The zero-order valence-electron chi connectivity index (χ0n) is 13.7. The van der Waals surface area contributed by atoms with Crippen molar-refractivity contribution in [1.29, 1.82) is 0 Å². The summed E-state index contributed by atoms with van der Waals surface area (Å²) in [5, 5.41) is 3.92. The number of amides is 1. The number of hydrogen-bond donors (Lipinski definition) is 1. The summed E-state index contributed by atoms with van der Waals surface area (Å²) in [6, 6.07) is 14.6. The predicted octanol–water partition coefficient (Wildman–Crippen LogP) is 2.62. The molecule has 0 aliphatic heterocycles. The Labute approximate surface area is 141 Å². The van der Waals surface area contributed by atoms with Gasteiger partial charge in [-0.05, 0) is 31.2 Å². The lowest BCUT2D eigenvalue weighted by molar-refractivity contribution is -0.123. The highest BCUT2D eigenvalue weighted by Gasteiger charge is 2.06. The van der Waals surface area contributed by atoms with E-state index < -0.39 is 0 Å². The average molecular weight is 328 g/mol. The first-order valence-electron chi connectivity index (χ1n) is 7.54. The number of hydrazone groups is 1. The van der Waals surface area contributed by atoms with Gasteiger partial charge in [-0.2, -0.15) is 5.10 Å². The molecule has 2 aromatic rings. The lowest BCUT2D eigenvalue weighted by atomic mass is 10.2. The number of para-hydroxylation sites is 3. The molecule has 6 nitrogen and oxygen atoms in total. The number of carbonyl (C=O) groups excluding carboxylic acids is 1. The van der Waals surface area contributed by atoms with E-state index in [1.54, 1.807) is 25.3 Å². The van der Waals surface area contributed by atoms with Crippen LogP contribution in [0, 0.1) is 0 Å². The molecule has 0 saturated carbocycles. The van der Waals surface area contributed by atoms with Crippen LogP contribution in [0.3, 0.4) is 0 Å². The minimum absolute atomic E-state index is 0.162. The molecule has 0 saturated heterocycles. The second kappa shape index (κ2) is 9.19. The van der Waals surface area contributed by atoms with Gasteiger partial charge >= 0.3 is 0 Å². The van der Waals surface area contributed by atoms with Gasteiger partial charge in [-0.3, -0.25) is 4.79 Å². The Morgan fingerprint density at radius 3 is 2.42 bits per heavy atom. The van der Waals surface area contributed by atoms with Crippen LogP contribution in [0.1, 0.15) is 12.5 Å². The topological polar surface area (TPSA) is 69.2 Å². The van der Waals surface area contributed by atoms with Crippen LogP contribution in [0.15, 0.2) is 53.6 Å². The molecule has 24 heavy (non-hydrogen) atoms. The first-order valence-corrected chi connectivity index (χ1v) is 7.54. The molecular formula is C18H20N2O4. The maximum Gasteiger partial charge on any atom is 0.277 e. The van der Waals surface area contributed by atoms with Crippen molar-refractivity contribution in [2.45, 2.75) is 6.92 Å². The number of hydrogen-bond acceptors (Lipinski definition) is 5. The van der Waals surface area contributed by atoms with Gasteiger partial charge in [-0.1, -0.05) is 24.3 Å². The standard InChI is InChI=1S/C18H20N2O4/c1-3-23-15-9-5-4-8-14(15)12-19-20-18(21)13-24-17-11-7-6-10-16(17)22-2/h4-12H,3,13H2,1-2H3,(H,20,21)/b19-12-. The third-order valence-corrected chi connectivity index (χ3v) is 3.04. The van der Waals surface area contributed by atoms with Gasteiger partial charge < -0.3 is 14.2 Å². The van der Waals surface area contributed by atoms with E-state index in [9.17, 15) is 4.79 Å². The molecule has 0 radical (unpaired) electrons. The van der Waals surface area contributed by atoms with Gasteiger partial charge in [0.1, 0.15) is 5.75 Å². The summed E-state index contributed by atoms with van der Waals surface area (Å²) in [6.45, 7) is 2.31. The molecule has 2 rings (SSSR count). The quantitative estimate of drug-likeness (QED) is 0.597. The molecule has 0 fully saturated rings. The van der Waals surface area contributed by atoms with Crippen molar-refractivity contribution in [2.24, 2.45) is 5.10 Å². The monoisotopic (exact) mass is 328 g/mol. The first-order chi connectivity index (χ1) is 11.7. The summed E-state index contributed by atoms with van der Waals surface area (Å²) >= 11 is 0. The van der Waals surface area contributed by atoms with Crippen LogP contribution in [0.2, 0.25) is 0 Å². The highest BCUT2D eigenvalue weighted by Crippen LogP contribution is 2.25. The molecule has 0 atom stereocenters. The van der Waals surface area contributed by atoms with Crippen molar-refractivity contribution in [3.05, 3.63) is 54.1 Å². The van der Waals surface area contributed by atoms with E-state index in [1.165, 1.54) is 6.21 Å². The molecule has 0 aromatic heterocycles. The Bertz CT molecular complexity index is 701. The first kappa shape index (κ1) is 17.3. The van der Waals surface area contributed by atoms with E-state index in [1.807, 2.05) is 37.3 Å². The molecule has 2 aromatic carbocycles. The molecule has 0 unspecified atom stereocenters.